The van der Waals surface area contributed by atoms with Crippen LogP contribution in [0.3, 0.4) is 0 Å². The second-order valence-corrected chi connectivity index (χ2v) is 25.3. The lowest BCUT2D eigenvalue weighted by molar-refractivity contribution is 0.00578. The number of aromatic nitrogens is 4. The Balaban J connectivity index is 0.000000170. The van der Waals surface area contributed by atoms with E-state index in [2.05, 4.69) is 50.9 Å². The number of fused-ring (bicyclic) bond motifs is 2. The Morgan fingerprint density at radius 2 is 1.16 bits per heavy atom. The monoisotopic (exact) mass is 1060 g/mol. The van der Waals surface area contributed by atoms with Crippen LogP contribution in [0.1, 0.15) is 89.4 Å². The number of nitrogens with two attached hydrogens (primary N) is 2. The van der Waals surface area contributed by atoms with Gasteiger partial charge in [0.05, 0.1) is 73.1 Å². The summed E-state index contributed by atoms with van der Waals surface area (Å²) >= 11 is 15.3. The van der Waals surface area contributed by atoms with E-state index in [1.165, 1.54) is 24.9 Å². The number of pyridine rings is 2. The van der Waals surface area contributed by atoms with Crippen LogP contribution >= 0.6 is 39.1 Å². The van der Waals surface area contributed by atoms with Gasteiger partial charge >= 0.3 is 7.12 Å². The lowest BCUT2D eigenvalue weighted by Crippen LogP contribution is -2.41. The van der Waals surface area contributed by atoms with Crippen molar-refractivity contribution in [2.75, 3.05) is 24.0 Å². The van der Waals surface area contributed by atoms with Gasteiger partial charge in [0.2, 0.25) is 0 Å². The summed E-state index contributed by atoms with van der Waals surface area (Å²) in [4.78, 5) is 15.3. The molecule has 68 heavy (non-hydrogen) atoms. The van der Waals surface area contributed by atoms with Crippen LogP contribution in [0.5, 0.6) is 0 Å². The Bertz CT molecular complexity index is 3240. The Labute approximate surface area is 417 Å². The van der Waals surface area contributed by atoms with Crippen molar-refractivity contribution in [1.82, 2.24) is 19.1 Å². The second kappa shape index (κ2) is 19.3. The third-order valence-corrected chi connectivity index (χ3v) is 18.8. The molecular formula is C48H54BBrCl2N8O6S2. The summed E-state index contributed by atoms with van der Waals surface area (Å²) in [5.74, 6) is 0. The first kappa shape index (κ1) is 51.2. The number of benzene rings is 2. The van der Waals surface area contributed by atoms with E-state index >= 15 is 0 Å². The third-order valence-electron chi connectivity index (χ3n) is 13.9. The third kappa shape index (κ3) is 10.2. The molecule has 20 heteroatoms. The highest BCUT2D eigenvalue weighted by molar-refractivity contribution is 9.10. The molecule has 3 aliphatic rings. The number of nitrogen functional groups attached to an aromatic ring is 2. The fourth-order valence-electron chi connectivity index (χ4n) is 9.22. The fraction of sp³-hybridized carbons (Fsp3) is 0.417. The Morgan fingerprint density at radius 1 is 0.706 bits per heavy atom. The van der Waals surface area contributed by atoms with Gasteiger partial charge in [-0.1, -0.05) is 23.2 Å². The van der Waals surface area contributed by atoms with E-state index in [0.29, 0.717) is 64.0 Å². The lowest BCUT2D eigenvalue weighted by Gasteiger charge is -2.32. The average molecular weight is 1060 g/mol. The van der Waals surface area contributed by atoms with Crippen molar-refractivity contribution in [3.8, 4) is 11.1 Å². The SMILES string of the molecule is Nc1cncc(Br)c1Cl.[C-]#[N+]c1cc2c(-c3cncc(N)c3Cl)cn([C@@H]3CC[C@@H](S(C)(=O)=O)C3)c2cc1C.[C-]#[N+]c1cc2c(B3OC(C)(C)C(C)(C)O3)cn([C@@H]3CC[C@@H](S(C)(=O)=O)C3)c2cc1C. The molecule has 2 aromatic carbocycles. The second-order valence-electron chi connectivity index (χ2n) is 19.0. The minimum absolute atomic E-state index is 0.0666. The molecule has 2 aliphatic carbocycles. The van der Waals surface area contributed by atoms with Gasteiger partial charge in [-0.15, -0.1) is 0 Å². The number of aryl methyl sites for hydroxylation is 2. The molecule has 0 amide bonds. The van der Waals surface area contributed by atoms with Gasteiger partial charge in [-0.3, -0.25) is 9.97 Å². The lowest BCUT2D eigenvalue weighted by atomic mass is 9.79. The van der Waals surface area contributed by atoms with Crippen molar-refractivity contribution in [3.63, 3.8) is 0 Å². The van der Waals surface area contributed by atoms with E-state index in [-0.39, 0.29) is 22.6 Å². The van der Waals surface area contributed by atoms with Crippen LogP contribution in [0.4, 0.5) is 22.7 Å². The molecule has 4 N–H and O–H groups in total. The highest BCUT2D eigenvalue weighted by Crippen LogP contribution is 2.44. The summed E-state index contributed by atoms with van der Waals surface area (Å²) < 4.78 is 65.9. The predicted molar refractivity (Wildman–Crippen MR) is 279 cm³/mol. The van der Waals surface area contributed by atoms with Gasteiger partial charge in [-0.25, -0.2) is 26.5 Å². The first-order valence-electron chi connectivity index (χ1n) is 22.0. The van der Waals surface area contributed by atoms with Gasteiger partial charge in [0.1, 0.15) is 19.7 Å². The van der Waals surface area contributed by atoms with Crippen LogP contribution in [0, 0.1) is 27.0 Å². The van der Waals surface area contributed by atoms with E-state index in [9.17, 15) is 16.8 Å². The molecule has 0 bridgehead atoms. The molecule has 14 nitrogen and oxygen atoms in total. The Morgan fingerprint density at radius 3 is 1.62 bits per heavy atom. The van der Waals surface area contributed by atoms with Gasteiger partial charge in [0.15, 0.2) is 11.4 Å². The largest absolute Gasteiger partial charge is 0.496 e. The van der Waals surface area contributed by atoms with Crippen molar-refractivity contribution in [1.29, 1.82) is 0 Å². The molecule has 0 spiro atoms. The summed E-state index contributed by atoms with van der Waals surface area (Å²) in [6.45, 7) is 26.9. The van der Waals surface area contributed by atoms with E-state index in [1.54, 1.807) is 12.4 Å². The zero-order valence-corrected chi connectivity index (χ0v) is 43.9. The van der Waals surface area contributed by atoms with Crippen molar-refractivity contribution in [2.45, 2.75) is 114 Å². The van der Waals surface area contributed by atoms with Crippen molar-refractivity contribution >= 4 is 116 Å². The van der Waals surface area contributed by atoms with E-state index in [1.807, 2.05) is 72.0 Å². The summed E-state index contributed by atoms with van der Waals surface area (Å²) in [7, 11) is -6.67. The molecule has 2 saturated carbocycles. The first-order chi connectivity index (χ1) is 31.8. The van der Waals surface area contributed by atoms with Crippen molar-refractivity contribution in [3.05, 3.63) is 110 Å². The Hall–Kier alpha value is -4.66. The highest BCUT2D eigenvalue weighted by atomic mass is 79.9. The first-order valence-corrected chi connectivity index (χ1v) is 27.4. The van der Waals surface area contributed by atoms with Crippen LogP contribution in [-0.4, -0.2) is 77.3 Å². The summed E-state index contributed by atoms with van der Waals surface area (Å²) in [6.07, 6.45) is 17.1. The van der Waals surface area contributed by atoms with Gasteiger partial charge in [0.25, 0.3) is 0 Å². The van der Waals surface area contributed by atoms with Gasteiger partial charge in [-0.2, -0.15) is 0 Å². The van der Waals surface area contributed by atoms with Crippen LogP contribution < -0.4 is 16.9 Å². The molecule has 4 atom stereocenters. The van der Waals surface area contributed by atoms with Crippen LogP contribution in [0.25, 0.3) is 42.6 Å². The molecule has 358 valence electrons. The number of nitrogens with zero attached hydrogens (tertiary/aromatic N) is 6. The molecule has 0 unspecified atom stereocenters. The highest BCUT2D eigenvalue weighted by Gasteiger charge is 2.52. The number of hydrogen-bond donors (Lipinski definition) is 2. The minimum atomic E-state index is -3.07. The average Bonchev–Trinajstić information content (AvgIpc) is 4.10. The van der Waals surface area contributed by atoms with E-state index in [0.717, 1.165) is 61.3 Å². The maximum Gasteiger partial charge on any atom is 0.496 e. The summed E-state index contributed by atoms with van der Waals surface area (Å²) in [5.41, 5.74) is 18.7. The van der Waals surface area contributed by atoms with Gasteiger partial charge in [0, 0.05) is 77.0 Å². The number of anilines is 2. The molecule has 9 rings (SSSR count). The van der Waals surface area contributed by atoms with E-state index < -0.39 is 38.0 Å². The van der Waals surface area contributed by atoms with Crippen LogP contribution in [0.2, 0.25) is 10.0 Å². The fourth-order valence-corrected chi connectivity index (χ4v) is 12.1. The molecule has 1 aliphatic heterocycles. The van der Waals surface area contributed by atoms with Crippen LogP contribution in [0.15, 0.2) is 65.9 Å². The smallest absolute Gasteiger partial charge is 0.399 e. The topological polar surface area (TPSA) is 183 Å². The maximum absolute atomic E-state index is 12.1. The molecule has 5 heterocycles. The van der Waals surface area contributed by atoms with E-state index in [4.69, 9.17) is 57.1 Å². The van der Waals surface area contributed by atoms with Gasteiger partial charge < -0.3 is 29.9 Å². The van der Waals surface area contributed by atoms with Crippen LogP contribution in [-0.2, 0) is 29.0 Å². The predicted octanol–water partition coefficient (Wildman–Crippen LogP) is 11.0. The molecule has 3 fully saturated rings. The summed E-state index contributed by atoms with van der Waals surface area (Å²) in [6, 6.07) is 7.97. The summed E-state index contributed by atoms with van der Waals surface area (Å²) in [5, 5.41) is 2.14. The molecular weight excluding hydrogens is 1010 g/mol. The Kier molecular flexibility index (Phi) is 14.5. The zero-order valence-electron chi connectivity index (χ0n) is 39.1. The number of halogens is 3. The standard InChI is InChI=1S/C22H29BN2O4S.C21H21ClN4O2S.C5H4BrClN2/c1-14-10-20-17(12-19(14)24-6)18(23-28-21(2,3)22(4,5)29-23)13-25(20)15-8-9-16(11-15)30(7,26)27;1-12-6-20-15(8-19(12)24-2)17(16-9-25-10-18(23)21(16)22)11-26(20)13-4-5-14(7-13)29(3,27)28;6-3-1-9-2-4(8)5(3)7/h10,12-13,15-16H,8-9,11H2,1-5,7H3;6,8-11,13-14H,4-5,7,23H2,1,3H3;1-2H,8H2/t15-,16-;13-,14-;/m11./s1. The number of rotatable bonds is 6. The number of sulfone groups is 2. The van der Waals surface area contributed by atoms with Crippen molar-refractivity contribution in [2.24, 2.45) is 0 Å². The van der Waals surface area contributed by atoms with Crippen molar-refractivity contribution < 1.29 is 26.1 Å². The minimum Gasteiger partial charge on any atom is -0.399 e. The quantitative estimate of drug-likeness (QED) is 0.120. The zero-order chi connectivity index (χ0) is 49.8. The molecule has 6 aromatic rings. The molecule has 4 aromatic heterocycles. The molecule has 1 saturated heterocycles. The maximum atomic E-state index is 12.1. The number of hydrogen-bond acceptors (Lipinski definition) is 10. The van der Waals surface area contributed by atoms with Gasteiger partial charge in [-0.05, 0) is 142 Å². The normalized spacial score (nSPS) is 20.9. The molecule has 0 radical (unpaired) electrons.